The number of rotatable bonds is 3. The molecule has 20 heavy (non-hydrogen) atoms. The van der Waals surface area contributed by atoms with E-state index in [2.05, 4.69) is 25.6 Å². The van der Waals surface area contributed by atoms with Gasteiger partial charge < -0.3 is 5.32 Å². The molecule has 3 aromatic heterocycles. The van der Waals surface area contributed by atoms with Crippen LogP contribution in [0.25, 0.3) is 5.65 Å². The summed E-state index contributed by atoms with van der Waals surface area (Å²) in [5.41, 5.74) is 2.31. The van der Waals surface area contributed by atoms with Gasteiger partial charge in [0.05, 0.1) is 5.69 Å². The molecule has 0 aromatic carbocycles. The van der Waals surface area contributed by atoms with Crippen LogP contribution in [0.2, 0.25) is 5.15 Å². The largest absolute Gasteiger partial charge is 0.352 e. The summed E-state index contributed by atoms with van der Waals surface area (Å²) in [4.78, 5) is 3.98. The van der Waals surface area contributed by atoms with Crippen LogP contribution in [0, 0.1) is 0 Å². The van der Waals surface area contributed by atoms with Crippen molar-refractivity contribution in [2.24, 2.45) is 0 Å². The zero-order valence-corrected chi connectivity index (χ0v) is 11.8. The number of nitrogens with zero attached hydrogens (tertiary/aromatic N) is 5. The molecule has 0 aliphatic heterocycles. The number of halogens is 1. The van der Waals surface area contributed by atoms with Crippen LogP contribution >= 0.6 is 11.6 Å². The van der Waals surface area contributed by atoms with Crippen LogP contribution in [0.1, 0.15) is 25.6 Å². The lowest BCUT2D eigenvalue weighted by Gasteiger charge is -2.08. The van der Waals surface area contributed by atoms with E-state index in [1.54, 1.807) is 23.0 Å². The van der Waals surface area contributed by atoms with Gasteiger partial charge in [0.15, 0.2) is 11.0 Å². The highest BCUT2D eigenvalue weighted by molar-refractivity contribution is 6.29. The monoisotopic (exact) mass is 288 g/mol. The first-order chi connectivity index (χ1) is 9.65. The second-order valence-electron chi connectivity index (χ2n) is 4.69. The van der Waals surface area contributed by atoms with Crippen LogP contribution in [0.3, 0.4) is 0 Å². The Morgan fingerprint density at radius 2 is 1.95 bits per heavy atom. The summed E-state index contributed by atoms with van der Waals surface area (Å²) in [7, 11) is 0. The van der Waals surface area contributed by atoms with E-state index in [-0.39, 0.29) is 5.92 Å². The molecule has 1 N–H and O–H groups in total. The molecule has 0 saturated carbocycles. The van der Waals surface area contributed by atoms with Gasteiger partial charge in [-0.25, -0.2) is 0 Å². The number of anilines is 2. The van der Waals surface area contributed by atoms with Gasteiger partial charge in [0.25, 0.3) is 0 Å². The Kier molecular flexibility index (Phi) is 3.23. The summed E-state index contributed by atoms with van der Waals surface area (Å²) in [6.45, 7) is 4.07. The first-order valence-corrected chi connectivity index (χ1v) is 6.62. The lowest BCUT2D eigenvalue weighted by atomic mass is 10.2. The molecule has 6 nitrogen and oxygen atoms in total. The summed E-state index contributed by atoms with van der Waals surface area (Å²) >= 11 is 6.08. The minimum absolute atomic E-state index is 0.213. The van der Waals surface area contributed by atoms with Gasteiger partial charge in [-0.15, -0.1) is 10.2 Å². The Hall–Kier alpha value is -2.21. The average molecular weight is 289 g/mol. The third-order valence-electron chi connectivity index (χ3n) is 2.84. The van der Waals surface area contributed by atoms with Gasteiger partial charge in [0.2, 0.25) is 5.65 Å². The van der Waals surface area contributed by atoms with E-state index in [1.807, 2.05) is 26.0 Å². The number of fused-ring (bicyclic) bond motifs is 1. The van der Waals surface area contributed by atoms with Gasteiger partial charge in [-0.05, 0) is 12.1 Å². The molecule has 3 aromatic rings. The Morgan fingerprint density at radius 3 is 2.65 bits per heavy atom. The molecule has 0 spiro atoms. The molecular weight excluding hydrogens is 276 g/mol. The zero-order chi connectivity index (χ0) is 14.1. The highest BCUT2D eigenvalue weighted by Crippen LogP contribution is 2.24. The van der Waals surface area contributed by atoms with Crippen LogP contribution in [-0.2, 0) is 0 Å². The number of nitrogens with one attached hydrogen (secondary N) is 1. The standard InChI is InChI=1S/C13H13ClN6/c1-8(2)12-17-18-13-10(7-11(14)19-20(12)13)16-9-3-5-15-6-4-9/h3-8H,1-2H3,(H,15,16). The maximum Gasteiger partial charge on any atom is 0.201 e. The molecule has 3 rings (SSSR count). The van der Waals surface area contributed by atoms with Crippen molar-refractivity contribution in [1.82, 2.24) is 24.8 Å². The number of aromatic nitrogens is 5. The molecule has 0 fully saturated rings. The van der Waals surface area contributed by atoms with Gasteiger partial charge in [0.1, 0.15) is 0 Å². The molecule has 0 bridgehead atoms. The van der Waals surface area contributed by atoms with Crippen LogP contribution in [-0.4, -0.2) is 24.8 Å². The smallest absolute Gasteiger partial charge is 0.201 e. The first-order valence-electron chi connectivity index (χ1n) is 6.24. The fourth-order valence-electron chi connectivity index (χ4n) is 1.91. The van der Waals surface area contributed by atoms with Gasteiger partial charge in [-0.2, -0.15) is 9.61 Å². The molecule has 0 aliphatic carbocycles. The van der Waals surface area contributed by atoms with E-state index in [1.165, 1.54) is 0 Å². The third kappa shape index (κ3) is 2.30. The molecule has 0 unspecified atom stereocenters. The first kappa shape index (κ1) is 12.8. The number of hydrogen-bond acceptors (Lipinski definition) is 5. The van der Waals surface area contributed by atoms with Crippen molar-refractivity contribution in [3.8, 4) is 0 Å². The van der Waals surface area contributed by atoms with E-state index in [0.29, 0.717) is 10.8 Å². The predicted octanol–water partition coefficient (Wildman–Crippen LogP) is 3.04. The summed E-state index contributed by atoms with van der Waals surface area (Å²) in [6, 6.07) is 5.46. The van der Waals surface area contributed by atoms with E-state index in [4.69, 9.17) is 11.6 Å². The molecule has 0 aliphatic rings. The molecule has 0 amide bonds. The summed E-state index contributed by atoms with van der Waals surface area (Å²) in [5.74, 6) is 0.991. The Balaban J connectivity index is 2.11. The van der Waals surface area contributed by atoms with E-state index >= 15 is 0 Å². The van der Waals surface area contributed by atoms with Crippen LogP contribution in [0.5, 0.6) is 0 Å². The minimum Gasteiger partial charge on any atom is -0.352 e. The van der Waals surface area contributed by atoms with Crippen molar-refractivity contribution < 1.29 is 0 Å². The molecule has 3 heterocycles. The molecule has 0 atom stereocenters. The lowest BCUT2D eigenvalue weighted by molar-refractivity contribution is 0.721. The van der Waals surface area contributed by atoms with Gasteiger partial charge in [-0.1, -0.05) is 25.4 Å². The van der Waals surface area contributed by atoms with Gasteiger partial charge in [-0.3, -0.25) is 4.98 Å². The van der Waals surface area contributed by atoms with Crippen molar-refractivity contribution in [2.45, 2.75) is 19.8 Å². The molecular formula is C13H13ClN6. The summed E-state index contributed by atoms with van der Waals surface area (Å²) in [6.07, 6.45) is 3.43. The van der Waals surface area contributed by atoms with Crippen molar-refractivity contribution in [3.05, 3.63) is 41.6 Å². The topological polar surface area (TPSA) is 68.0 Å². The highest BCUT2D eigenvalue weighted by Gasteiger charge is 2.14. The van der Waals surface area contributed by atoms with Crippen molar-refractivity contribution in [2.75, 3.05) is 5.32 Å². The van der Waals surface area contributed by atoms with E-state index in [9.17, 15) is 0 Å². The highest BCUT2D eigenvalue weighted by atomic mass is 35.5. The maximum atomic E-state index is 6.08. The van der Waals surface area contributed by atoms with Crippen molar-refractivity contribution in [1.29, 1.82) is 0 Å². The second-order valence-corrected chi connectivity index (χ2v) is 5.08. The third-order valence-corrected chi connectivity index (χ3v) is 3.03. The zero-order valence-electron chi connectivity index (χ0n) is 11.1. The SMILES string of the molecule is CC(C)c1nnc2c(Nc3ccncc3)cc(Cl)nn12. The lowest BCUT2D eigenvalue weighted by Crippen LogP contribution is -2.03. The van der Waals surface area contributed by atoms with Crippen molar-refractivity contribution in [3.63, 3.8) is 0 Å². The summed E-state index contributed by atoms with van der Waals surface area (Å²) in [5, 5.41) is 16.3. The Bertz CT molecular complexity index is 737. The predicted molar refractivity (Wildman–Crippen MR) is 77.4 cm³/mol. The van der Waals surface area contributed by atoms with Gasteiger partial charge in [0, 0.05) is 30.1 Å². The Morgan fingerprint density at radius 1 is 1.20 bits per heavy atom. The molecule has 102 valence electrons. The normalized spacial score (nSPS) is 11.2. The molecule has 7 heteroatoms. The van der Waals surface area contributed by atoms with Gasteiger partial charge >= 0.3 is 0 Å². The molecule has 0 saturated heterocycles. The van der Waals surface area contributed by atoms with Crippen LogP contribution in [0.4, 0.5) is 11.4 Å². The maximum absolute atomic E-state index is 6.08. The number of pyridine rings is 1. The number of hydrogen-bond donors (Lipinski definition) is 1. The molecule has 0 radical (unpaired) electrons. The van der Waals surface area contributed by atoms with E-state index in [0.717, 1.165) is 17.2 Å². The fourth-order valence-corrected chi connectivity index (χ4v) is 2.09. The average Bonchev–Trinajstić information content (AvgIpc) is 2.83. The second kappa shape index (κ2) is 5.05. The van der Waals surface area contributed by atoms with Crippen LogP contribution < -0.4 is 5.32 Å². The van der Waals surface area contributed by atoms with Crippen molar-refractivity contribution >= 4 is 28.6 Å². The quantitative estimate of drug-likeness (QED) is 0.802. The Labute approximate surface area is 120 Å². The summed E-state index contributed by atoms with van der Waals surface area (Å²) < 4.78 is 1.68. The fraction of sp³-hybridized carbons (Fsp3) is 0.231. The minimum atomic E-state index is 0.213. The van der Waals surface area contributed by atoms with E-state index < -0.39 is 0 Å². The van der Waals surface area contributed by atoms with Crippen LogP contribution in [0.15, 0.2) is 30.6 Å².